The van der Waals surface area contributed by atoms with Crippen molar-refractivity contribution >= 4 is 18.0 Å². The van der Waals surface area contributed by atoms with E-state index in [1.807, 2.05) is 29.6 Å². The Morgan fingerprint density at radius 2 is 2.00 bits per heavy atom. The zero-order chi connectivity index (χ0) is 12.3. The van der Waals surface area contributed by atoms with Gasteiger partial charge in [0.1, 0.15) is 6.04 Å². The first-order valence-corrected chi connectivity index (χ1v) is 6.71. The molecule has 0 saturated carbocycles. The summed E-state index contributed by atoms with van der Waals surface area (Å²) in [5, 5.41) is 0. The molecule has 0 aromatic heterocycles. The van der Waals surface area contributed by atoms with Crippen molar-refractivity contribution < 1.29 is 4.79 Å². The van der Waals surface area contributed by atoms with E-state index < -0.39 is 0 Å². The molecule has 1 aromatic carbocycles. The van der Waals surface area contributed by atoms with Crippen LogP contribution in [0.5, 0.6) is 0 Å². The van der Waals surface area contributed by atoms with Crippen LogP contribution in [0.15, 0.2) is 30.3 Å². The van der Waals surface area contributed by atoms with E-state index in [9.17, 15) is 4.79 Å². The summed E-state index contributed by atoms with van der Waals surface area (Å²) in [5.41, 5.74) is 1.18. The third kappa shape index (κ3) is 2.82. The van der Waals surface area contributed by atoms with Gasteiger partial charge in [-0.1, -0.05) is 43.7 Å². The van der Waals surface area contributed by atoms with E-state index in [1.165, 1.54) is 17.7 Å². The Kier molecular flexibility index (Phi) is 4.07. The van der Waals surface area contributed by atoms with Crippen LogP contribution < -0.4 is 0 Å². The summed E-state index contributed by atoms with van der Waals surface area (Å²) in [4.78, 5) is 12.2. The van der Waals surface area contributed by atoms with Crippen LogP contribution in [-0.2, 0) is 11.3 Å². The molecule has 4 heteroatoms. The topological polar surface area (TPSA) is 23.6 Å². The van der Waals surface area contributed by atoms with Gasteiger partial charge in [0, 0.05) is 19.2 Å². The van der Waals surface area contributed by atoms with E-state index in [0.717, 1.165) is 12.8 Å². The summed E-state index contributed by atoms with van der Waals surface area (Å²) in [6.45, 7) is 2.81. The first-order chi connectivity index (χ1) is 8.22. The highest BCUT2D eigenvalue weighted by Crippen LogP contribution is 2.31. The summed E-state index contributed by atoms with van der Waals surface area (Å²) in [7, 11) is 1.99. The van der Waals surface area contributed by atoms with Crippen molar-refractivity contribution in [2.45, 2.75) is 32.4 Å². The van der Waals surface area contributed by atoms with E-state index in [1.54, 1.807) is 0 Å². The van der Waals surface area contributed by atoms with Crippen LogP contribution in [0.3, 0.4) is 0 Å². The predicted octanol–water partition coefficient (Wildman–Crippen LogP) is 2.69. The highest BCUT2D eigenvalue weighted by atomic mass is 32.2. The largest absolute Gasteiger partial charge is 0.272 e. The SMILES string of the molecule is CCCC1C(=O)N(Cc2ccccc2)SN1C. The summed E-state index contributed by atoms with van der Waals surface area (Å²) in [6.07, 6.45) is 1.98. The third-order valence-electron chi connectivity index (χ3n) is 2.93. The minimum atomic E-state index is 0.0497. The molecule has 1 aromatic rings. The summed E-state index contributed by atoms with van der Waals surface area (Å²) in [6, 6.07) is 10.2. The molecule has 0 radical (unpaired) electrons. The van der Waals surface area contributed by atoms with Crippen molar-refractivity contribution in [3.63, 3.8) is 0 Å². The van der Waals surface area contributed by atoms with E-state index in [2.05, 4.69) is 23.4 Å². The molecular weight excluding hydrogens is 232 g/mol. The van der Waals surface area contributed by atoms with Crippen molar-refractivity contribution in [3.05, 3.63) is 35.9 Å². The maximum atomic E-state index is 12.2. The molecule has 1 fully saturated rings. The maximum Gasteiger partial charge on any atom is 0.252 e. The smallest absolute Gasteiger partial charge is 0.252 e. The summed E-state index contributed by atoms with van der Waals surface area (Å²) in [5.74, 6) is 0.239. The van der Waals surface area contributed by atoms with Gasteiger partial charge in [-0.3, -0.25) is 9.10 Å². The number of amides is 1. The van der Waals surface area contributed by atoms with Crippen molar-refractivity contribution in [1.82, 2.24) is 8.61 Å². The van der Waals surface area contributed by atoms with Crippen LogP contribution in [0.4, 0.5) is 0 Å². The minimum absolute atomic E-state index is 0.0497. The van der Waals surface area contributed by atoms with Crippen LogP contribution in [0.2, 0.25) is 0 Å². The number of nitrogens with zero attached hydrogens (tertiary/aromatic N) is 2. The normalized spacial score (nSPS) is 21.2. The molecule has 1 heterocycles. The van der Waals surface area contributed by atoms with Crippen molar-refractivity contribution in [2.75, 3.05) is 7.05 Å². The lowest BCUT2D eigenvalue weighted by molar-refractivity contribution is -0.128. The number of benzene rings is 1. The number of likely N-dealkylation sites (N-methyl/N-ethyl adjacent to an activating group) is 1. The van der Waals surface area contributed by atoms with Gasteiger partial charge in [-0.25, -0.2) is 4.31 Å². The second-order valence-electron chi connectivity index (χ2n) is 4.29. The van der Waals surface area contributed by atoms with E-state index >= 15 is 0 Å². The molecule has 0 aliphatic carbocycles. The zero-order valence-corrected chi connectivity index (χ0v) is 11.1. The standard InChI is InChI=1S/C13H18N2OS/c1-3-7-12-13(16)15(17-14(12)2)10-11-8-5-4-6-9-11/h4-6,8-9,12H,3,7,10H2,1-2H3. The molecule has 1 aliphatic rings. The molecule has 1 unspecified atom stereocenters. The quantitative estimate of drug-likeness (QED) is 0.768. The van der Waals surface area contributed by atoms with Gasteiger partial charge >= 0.3 is 0 Å². The highest BCUT2D eigenvalue weighted by Gasteiger charge is 2.36. The van der Waals surface area contributed by atoms with E-state index in [-0.39, 0.29) is 11.9 Å². The summed E-state index contributed by atoms with van der Waals surface area (Å²) >= 11 is 1.53. The molecule has 92 valence electrons. The molecule has 1 amide bonds. The molecule has 1 saturated heterocycles. The van der Waals surface area contributed by atoms with Gasteiger partial charge in [-0.15, -0.1) is 0 Å². The molecule has 1 aliphatic heterocycles. The van der Waals surface area contributed by atoms with Crippen molar-refractivity contribution in [2.24, 2.45) is 0 Å². The lowest BCUT2D eigenvalue weighted by Crippen LogP contribution is -2.30. The predicted molar refractivity (Wildman–Crippen MR) is 71.0 cm³/mol. The zero-order valence-electron chi connectivity index (χ0n) is 10.3. The van der Waals surface area contributed by atoms with E-state index in [4.69, 9.17) is 0 Å². The Labute approximate surface area is 107 Å². The fraction of sp³-hybridized carbons (Fsp3) is 0.462. The second kappa shape index (κ2) is 5.56. The number of hydrogen-bond donors (Lipinski definition) is 0. The molecule has 3 nitrogen and oxygen atoms in total. The lowest BCUT2D eigenvalue weighted by atomic mass is 10.1. The fourth-order valence-corrected chi connectivity index (χ4v) is 3.04. The first-order valence-electron chi connectivity index (χ1n) is 5.98. The molecule has 0 bridgehead atoms. The van der Waals surface area contributed by atoms with Gasteiger partial charge in [0.25, 0.3) is 5.91 Å². The molecule has 1 atom stereocenters. The second-order valence-corrected chi connectivity index (χ2v) is 5.47. The molecule has 2 rings (SSSR count). The van der Waals surface area contributed by atoms with Crippen LogP contribution in [0.25, 0.3) is 0 Å². The van der Waals surface area contributed by atoms with Crippen LogP contribution in [0.1, 0.15) is 25.3 Å². The Morgan fingerprint density at radius 3 is 2.65 bits per heavy atom. The average Bonchev–Trinajstić information content (AvgIpc) is 2.59. The monoisotopic (exact) mass is 250 g/mol. The number of carbonyl (C=O) groups is 1. The van der Waals surface area contributed by atoms with Crippen LogP contribution in [-0.4, -0.2) is 27.6 Å². The van der Waals surface area contributed by atoms with Gasteiger partial charge in [0.05, 0.1) is 6.54 Å². The Balaban J connectivity index is 2.02. The van der Waals surface area contributed by atoms with Gasteiger partial charge in [-0.2, -0.15) is 0 Å². The van der Waals surface area contributed by atoms with Gasteiger partial charge < -0.3 is 0 Å². The average molecular weight is 250 g/mol. The minimum Gasteiger partial charge on any atom is -0.272 e. The van der Waals surface area contributed by atoms with E-state index in [0.29, 0.717) is 6.54 Å². The van der Waals surface area contributed by atoms with Crippen molar-refractivity contribution in [1.29, 1.82) is 0 Å². The van der Waals surface area contributed by atoms with Gasteiger partial charge in [-0.05, 0) is 12.0 Å². The molecule has 17 heavy (non-hydrogen) atoms. The van der Waals surface area contributed by atoms with Crippen LogP contribution >= 0.6 is 12.1 Å². The molecular formula is C13H18N2OS. The lowest BCUT2D eigenvalue weighted by Gasteiger charge is -2.13. The Morgan fingerprint density at radius 1 is 1.29 bits per heavy atom. The molecule has 0 spiro atoms. The maximum absolute atomic E-state index is 12.2. The number of carbonyl (C=O) groups excluding carboxylic acids is 1. The summed E-state index contributed by atoms with van der Waals surface area (Å²) < 4.78 is 3.92. The van der Waals surface area contributed by atoms with Gasteiger partial charge in [0.15, 0.2) is 0 Å². The Bertz CT molecular complexity index is 382. The first kappa shape index (κ1) is 12.5. The third-order valence-corrected chi connectivity index (χ3v) is 3.95. The highest BCUT2D eigenvalue weighted by molar-refractivity contribution is 7.95. The number of hydrogen-bond acceptors (Lipinski definition) is 3. The van der Waals surface area contributed by atoms with Gasteiger partial charge in [0.2, 0.25) is 0 Å². The Hall–Kier alpha value is -1.00. The van der Waals surface area contributed by atoms with Crippen molar-refractivity contribution in [3.8, 4) is 0 Å². The fourth-order valence-electron chi connectivity index (χ4n) is 2.01. The van der Waals surface area contributed by atoms with Crippen LogP contribution in [0, 0.1) is 0 Å². The molecule has 0 N–H and O–H groups in total. The number of rotatable bonds is 4.